The first-order chi connectivity index (χ1) is 5.47. The lowest BCUT2D eigenvalue weighted by Crippen LogP contribution is -2.08. The molecule has 1 aromatic rings. The summed E-state index contributed by atoms with van der Waals surface area (Å²) < 4.78 is 39.4. The number of nitrogens with zero attached hydrogens (tertiary/aromatic N) is 1. The van der Waals surface area contributed by atoms with Crippen LogP contribution in [0.15, 0.2) is 10.6 Å². The van der Waals surface area contributed by atoms with E-state index in [9.17, 15) is 13.2 Å². The summed E-state index contributed by atoms with van der Waals surface area (Å²) in [7, 11) is 0. The molecule has 0 saturated carbocycles. The zero-order chi connectivity index (χ0) is 9.19. The SMILES string of the molecule is Nc1cc(CCC(F)(F)F)on1. The van der Waals surface area contributed by atoms with Crippen molar-refractivity contribution < 1.29 is 17.7 Å². The molecular weight excluding hydrogens is 173 g/mol. The Labute approximate surface area is 66.3 Å². The van der Waals surface area contributed by atoms with Crippen molar-refractivity contribution in [2.45, 2.75) is 19.0 Å². The summed E-state index contributed by atoms with van der Waals surface area (Å²) >= 11 is 0. The fraction of sp³-hybridized carbons (Fsp3) is 0.500. The van der Waals surface area contributed by atoms with Crippen LogP contribution in [0, 0.1) is 0 Å². The van der Waals surface area contributed by atoms with E-state index >= 15 is 0 Å². The molecule has 1 aromatic heterocycles. The Morgan fingerprint density at radius 2 is 2.17 bits per heavy atom. The second-order valence-electron chi connectivity index (χ2n) is 2.33. The van der Waals surface area contributed by atoms with Crippen LogP contribution in [0.25, 0.3) is 0 Å². The number of aromatic nitrogens is 1. The van der Waals surface area contributed by atoms with Gasteiger partial charge >= 0.3 is 6.18 Å². The Bertz CT molecular complexity index is 256. The van der Waals surface area contributed by atoms with Crippen molar-refractivity contribution in [1.29, 1.82) is 0 Å². The summed E-state index contributed by atoms with van der Waals surface area (Å²) in [6, 6.07) is 1.28. The minimum atomic E-state index is -4.17. The molecule has 0 spiro atoms. The molecule has 0 aliphatic heterocycles. The fourth-order valence-corrected chi connectivity index (χ4v) is 0.712. The van der Waals surface area contributed by atoms with Crippen LogP contribution < -0.4 is 5.73 Å². The van der Waals surface area contributed by atoms with Crippen LogP contribution in [-0.4, -0.2) is 11.3 Å². The Morgan fingerprint density at radius 3 is 2.58 bits per heavy atom. The molecular formula is C6H7F3N2O. The molecule has 0 atom stereocenters. The van der Waals surface area contributed by atoms with Crippen molar-refractivity contribution in [2.75, 3.05) is 5.73 Å². The number of nitrogen functional groups attached to an aromatic ring is 1. The highest BCUT2D eigenvalue weighted by atomic mass is 19.4. The number of halogens is 3. The molecule has 0 amide bonds. The van der Waals surface area contributed by atoms with Crippen molar-refractivity contribution in [1.82, 2.24) is 5.16 Å². The van der Waals surface area contributed by atoms with Gasteiger partial charge < -0.3 is 10.3 Å². The van der Waals surface area contributed by atoms with Gasteiger partial charge in [0.05, 0.1) is 6.42 Å². The predicted octanol–water partition coefficient (Wildman–Crippen LogP) is 1.75. The van der Waals surface area contributed by atoms with E-state index in [2.05, 4.69) is 9.68 Å². The van der Waals surface area contributed by atoms with Crippen LogP contribution in [0.1, 0.15) is 12.2 Å². The van der Waals surface area contributed by atoms with Gasteiger partial charge in [0.1, 0.15) is 5.76 Å². The number of aryl methyl sites for hydroxylation is 1. The van der Waals surface area contributed by atoms with Crippen molar-refractivity contribution in [3.05, 3.63) is 11.8 Å². The highest BCUT2D eigenvalue weighted by Crippen LogP contribution is 2.22. The molecule has 68 valence electrons. The summed E-state index contributed by atoms with van der Waals surface area (Å²) in [6.45, 7) is 0. The second-order valence-corrected chi connectivity index (χ2v) is 2.33. The van der Waals surface area contributed by atoms with E-state index in [0.717, 1.165) is 0 Å². The van der Waals surface area contributed by atoms with E-state index in [1.165, 1.54) is 6.07 Å². The van der Waals surface area contributed by atoms with Crippen LogP contribution in [0.3, 0.4) is 0 Å². The molecule has 0 radical (unpaired) electrons. The first-order valence-electron chi connectivity index (χ1n) is 3.25. The van der Waals surface area contributed by atoms with Crippen LogP contribution in [0.4, 0.5) is 19.0 Å². The third-order valence-electron chi connectivity index (χ3n) is 1.23. The molecule has 3 nitrogen and oxygen atoms in total. The molecule has 0 saturated heterocycles. The molecule has 0 fully saturated rings. The Kier molecular flexibility index (Phi) is 2.25. The molecule has 2 N–H and O–H groups in total. The Balaban J connectivity index is 2.44. The number of anilines is 1. The van der Waals surface area contributed by atoms with Crippen molar-refractivity contribution in [3.63, 3.8) is 0 Å². The zero-order valence-corrected chi connectivity index (χ0v) is 6.06. The van der Waals surface area contributed by atoms with Gasteiger partial charge in [-0.15, -0.1) is 0 Å². The molecule has 0 unspecified atom stereocenters. The van der Waals surface area contributed by atoms with Crippen molar-refractivity contribution in [3.8, 4) is 0 Å². The molecule has 1 heterocycles. The van der Waals surface area contributed by atoms with E-state index in [1.54, 1.807) is 0 Å². The highest BCUT2D eigenvalue weighted by molar-refractivity contribution is 5.26. The largest absolute Gasteiger partial charge is 0.389 e. The molecule has 1 rings (SSSR count). The topological polar surface area (TPSA) is 52.0 Å². The van der Waals surface area contributed by atoms with Crippen molar-refractivity contribution >= 4 is 5.82 Å². The molecule has 6 heteroatoms. The molecule has 0 bridgehead atoms. The monoisotopic (exact) mass is 180 g/mol. The van der Waals surface area contributed by atoms with Crippen LogP contribution in [-0.2, 0) is 6.42 Å². The lowest BCUT2D eigenvalue weighted by Gasteiger charge is -2.02. The number of nitrogens with two attached hydrogens (primary N) is 1. The van der Waals surface area contributed by atoms with E-state index < -0.39 is 12.6 Å². The summed E-state index contributed by atoms with van der Waals surface area (Å²) in [5.41, 5.74) is 5.13. The van der Waals surface area contributed by atoms with Gasteiger partial charge in [0, 0.05) is 12.5 Å². The summed E-state index contributed by atoms with van der Waals surface area (Å²) in [5, 5.41) is 3.25. The Morgan fingerprint density at radius 1 is 1.50 bits per heavy atom. The first kappa shape index (κ1) is 8.89. The van der Waals surface area contributed by atoms with Crippen LogP contribution in [0.2, 0.25) is 0 Å². The number of rotatable bonds is 2. The van der Waals surface area contributed by atoms with Crippen molar-refractivity contribution in [2.24, 2.45) is 0 Å². The van der Waals surface area contributed by atoms with Crippen LogP contribution >= 0.6 is 0 Å². The third kappa shape index (κ3) is 2.81. The van der Waals surface area contributed by atoms with E-state index in [1.807, 2.05) is 0 Å². The predicted molar refractivity (Wildman–Crippen MR) is 35.3 cm³/mol. The quantitative estimate of drug-likeness (QED) is 0.754. The minimum Gasteiger partial charge on any atom is -0.381 e. The minimum absolute atomic E-state index is 0.104. The van der Waals surface area contributed by atoms with Gasteiger partial charge in [-0.3, -0.25) is 0 Å². The highest BCUT2D eigenvalue weighted by Gasteiger charge is 2.27. The third-order valence-corrected chi connectivity index (χ3v) is 1.23. The van der Waals surface area contributed by atoms with Gasteiger partial charge in [0.2, 0.25) is 0 Å². The molecule has 0 aliphatic rings. The van der Waals surface area contributed by atoms with Gasteiger partial charge in [-0.1, -0.05) is 5.16 Å². The van der Waals surface area contributed by atoms with E-state index in [-0.39, 0.29) is 18.0 Å². The maximum absolute atomic E-state index is 11.7. The van der Waals surface area contributed by atoms with Gasteiger partial charge in [0.15, 0.2) is 5.82 Å². The fourth-order valence-electron chi connectivity index (χ4n) is 0.712. The van der Waals surface area contributed by atoms with Gasteiger partial charge in [-0.25, -0.2) is 0 Å². The van der Waals surface area contributed by atoms with E-state index in [0.29, 0.717) is 0 Å². The smallest absolute Gasteiger partial charge is 0.381 e. The average Bonchev–Trinajstić information content (AvgIpc) is 2.30. The Hall–Kier alpha value is -1.20. The zero-order valence-electron chi connectivity index (χ0n) is 6.06. The normalized spacial score (nSPS) is 11.9. The average molecular weight is 180 g/mol. The molecule has 0 aliphatic carbocycles. The maximum Gasteiger partial charge on any atom is 0.389 e. The molecule has 12 heavy (non-hydrogen) atoms. The first-order valence-corrected chi connectivity index (χ1v) is 3.25. The number of hydrogen-bond donors (Lipinski definition) is 1. The number of hydrogen-bond acceptors (Lipinski definition) is 3. The standard InChI is InChI=1S/C6H7F3N2O/c7-6(8,9)2-1-4-3-5(10)11-12-4/h3H,1-2H2,(H2,10,11). The lowest BCUT2D eigenvalue weighted by atomic mass is 10.2. The summed E-state index contributed by atoms with van der Waals surface area (Å²) in [5.74, 6) is 0.261. The van der Waals surface area contributed by atoms with Gasteiger partial charge in [0.25, 0.3) is 0 Å². The second kappa shape index (κ2) is 3.04. The molecule has 0 aromatic carbocycles. The number of alkyl halides is 3. The van der Waals surface area contributed by atoms with E-state index in [4.69, 9.17) is 5.73 Å². The van der Waals surface area contributed by atoms with Gasteiger partial charge in [-0.05, 0) is 0 Å². The summed E-state index contributed by atoms with van der Waals surface area (Å²) in [6.07, 6.45) is -5.29. The van der Waals surface area contributed by atoms with Crippen LogP contribution in [0.5, 0.6) is 0 Å². The summed E-state index contributed by atoms with van der Waals surface area (Å²) in [4.78, 5) is 0. The lowest BCUT2D eigenvalue weighted by molar-refractivity contribution is -0.134. The van der Waals surface area contributed by atoms with Gasteiger partial charge in [-0.2, -0.15) is 13.2 Å². The maximum atomic E-state index is 11.7.